The van der Waals surface area contributed by atoms with Gasteiger partial charge >= 0.3 is 6.18 Å². The molecule has 0 bridgehead atoms. The van der Waals surface area contributed by atoms with E-state index in [0.717, 1.165) is 12.8 Å². The van der Waals surface area contributed by atoms with Crippen molar-refractivity contribution < 1.29 is 18.0 Å². The first kappa shape index (κ1) is 20.0. The fraction of sp³-hybridized carbons (Fsp3) is 0.611. The molecule has 1 aromatic carbocycles. The molecule has 3 unspecified atom stereocenters. The summed E-state index contributed by atoms with van der Waals surface area (Å²) in [5.74, 6) is 0.491. The van der Waals surface area contributed by atoms with Gasteiger partial charge in [-0.1, -0.05) is 25.0 Å². The van der Waals surface area contributed by atoms with Crippen LogP contribution in [0.1, 0.15) is 44.1 Å². The number of carbonyl (C=O) groups is 1. The highest BCUT2D eigenvalue weighted by molar-refractivity contribution is 5.95. The molecular weight excluding hydrogens is 353 g/mol. The van der Waals surface area contributed by atoms with Crippen LogP contribution in [0.25, 0.3) is 0 Å². The van der Waals surface area contributed by atoms with Crippen molar-refractivity contribution in [1.29, 1.82) is 0 Å². The molecule has 2 aliphatic rings. The van der Waals surface area contributed by atoms with Crippen molar-refractivity contribution >= 4 is 24.0 Å². The largest absolute Gasteiger partial charge is 0.389 e. The molecule has 1 saturated heterocycles. The summed E-state index contributed by atoms with van der Waals surface area (Å²) in [4.78, 5) is 12.4. The van der Waals surface area contributed by atoms with Gasteiger partial charge < -0.3 is 10.6 Å². The number of alkyl halides is 3. The predicted molar refractivity (Wildman–Crippen MR) is 94.0 cm³/mol. The molecule has 140 valence electrons. The second kappa shape index (κ2) is 8.41. The molecule has 1 aromatic rings. The number of rotatable bonds is 4. The van der Waals surface area contributed by atoms with Gasteiger partial charge in [0.1, 0.15) is 0 Å². The van der Waals surface area contributed by atoms with Gasteiger partial charge in [0.05, 0.1) is 6.04 Å². The molecule has 3 rings (SSSR count). The molecule has 3 nitrogen and oxygen atoms in total. The number of anilines is 1. The maximum Gasteiger partial charge on any atom is 0.389 e. The van der Waals surface area contributed by atoms with Crippen LogP contribution in [-0.2, 0) is 11.2 Å². The van der Waals surface area contributed by atoms with Crippen molar-refractivity contribution in [2.75, 3.05) is 5.32 Å². The van der Waals surface area contributed by atoms with E-state index < -0.39 is 12.6 Å². The highest BCUT2D eigenvalue weighted by Crippen LogP contribution is 2.33. The molecule has 1 aliphatic carbocycles. The van der Waals surface area contributed by atoms with Crippen molar-refractivity contribution in [3.8, 4) is 0 Å². The average Bonchev–Trinajstić information content (AvgIpc) is 2.97. The lowest BCUT2D eigenvalue weighted by Gasteiger charge is -2.24. The van der Waals surface area contributed by atoms with E-state index in [1.165, 1.54) is 19.3 Å². The zero-order valence-corrected chi connectivity index (χ0v) is 14.8. The normalized spacial score (nSPS) is 25.8. The van der Waals surface area contributed by atoms with E-state index in [1.807, 2.05) is 0 Å². The summed E-state index contributed by atoms with van der Waals surface area (Å²) < 4.78 is 37.0. The molecule has 2 N–H and O–H groups in total. The zero-order chi connectivity index (χ0) is 17.2. The van der Waals surface area contributed by atoms with Gasteiger partial charge in [-0.05, 0) is 49.3 Å². The number of halogens is 4. The van der Waals surface area contributed by atoms with Crippen LogP contribution in [0.3, 0.4) is 0 Å². The van der Waals surface area contributed by atoms with Crippen LogP contribution in [0.5, 0.6) is 0 Å². The fourth-order valence-corrected chi connectivity index (χ4v) is 3.84. The molecule has 2 fully saturated rings. The maximum atomic E-state index is 12.4. The lowest BCUT2D eigenvalue weighted by Crippen LogP contribution is -2.39. The average molecular weight is 377 g/mol. The van der Waals surface area contributed by atoms with Gasteiger partial charge in [0.2, 0.25) is 5.91 Å². The third-order valence-corrected chi connectivity index (χ3v) is 5.07. The van der Waals surface area contributed by atoms with Crippen molar-refractivity contribution in [2.24, 2.45) is 5.92 Å². The minimum Gasteiger partial charge on any atom is -0.325 e. The predicted octanol–water partition coefficient (Wildman–Crippen LogP) is 4.46. The Bertz CT molecular complexity index is 580. The Labute approximate surface area is 152 Å². The molecule has 0 spiro atoms. The number of hydrogen-bond acceptors (Lipinski definition) is 2. The first-order chi connectivity index (χ1) is 11.4. The smallest absolute Gasteiger partial charge is 0.325 e. The van der Waals surface area contributed by atoms with E-state index in [0.29, 0.717) is 23.2 Å². The monoisotopic (exact) mass is 376 g/mol. The fourth-order valence-electron chi connectivity index (χ4n) is 3.84. The van der Waals surface area contributed by atoms with Crippen LogP contribution in [0.4, 0.5) is 18.9 Å². The van der Waals surface area contributed by atoms with Gasteiger partial charge in [0, 0.05) is 18.2 Å². The summed E-state index contributed by atoms with van der Waals surface area (Å²) in [5, 5.41) is 6.26. The van der Waals surface area contributed by atoms with Gasteiger partial charge in [0.15, 0.2) is 0 Å². The van der Waals surface area contributed by atoms with E-state index >= 15 is 0 Å². The van der Waals surface area contributed by atoms with Crippen LogP contribution in [0.15, 0.2) is 24.3 Å². The van der Waals surface area contributed by atoms with Crippen LogP contribution >= 0.6 is 12.4 Å². The molecule has 1 amide bonds. The van der Waals surface area contributed by atoms with Crippen LogP contribution in [0.2, 0.25) is 0 Å². The molecule has 25 heavy (non-hydrogen) atoms. The second-order valence-corrected chi connectivity index (χ2v) is 6.91. The van der Waals surface area contributed by atoms with Crippen molar-refractivity contribution in [2.45, 2.75) is 63.2 Å². The van der Waals surface area contributed by atoms with Crippen LogP contribution < -0.4 is 10.6 Å². The zero-order valence-electron chi connectivity index (χ0n) is 13.9. The molecule has 1 heterocycles. The van der Waals surface area contributed by atoms with E-state index in [4.69, 9.17) is 0 Å². The first-order valence-electron chi connectivity index (χ1n) is 8.63. The van der Waals surface area contributed by atoms with Gasteiger partial charge in [-0.2, -0.15) is 13.2 Å². The van der Waals surface area contributed by atoms with Gasteiger partial charge in [-0.15, -0.1) is 12.4 Å². The van der Waals surface area contributed by atoms with Gasteiger partial charge in [-0.3, -0.25) is 4.79 Å². The van der Waals surface area contributed by atoms with Crippen molar-refractivity contribution in [3.63, 3.8) is 0 Å². The Morgan fingerprint density at radius 3 is 2.72 bits per heavy atom. The molecule has 0 radical (unpaired) electrons. The Morgan fingerprint density at radius 1 is 1.24 bits per heavy atom. The number of nitrogens with one attached hydrogen (secondary N) is 2. The Hall–Kier alpha value is -1.27. The number of benzene rings is 1. The third-order valence-electron chi connectivity index (χ3n) is 5.07. The topological polar surface area (TPSA) is 41.1 Å². The van der Waals surface area contributed by atoms with Crippen LogP contribution in [0, 0.1) is 5.92 Å². The minimum absolute atomic E-state index is 0. The summed E-state index contributed by atoms with van der Waals surface area (Å²) >= 11 is 0. The standard InChI is InChI=1S/C18H23F3N2O.ClH/c19-18(20,21)9-8-12-4-3-6-14(10-12)22-17(24)16-11-13-5-1-2-7-15(13)23-16;/h3-4,6,10,13,15-16,23H,1-2,5,7-9,11H2,(H,22,24);1H. The lowest BCUT2D eigenvalue weighted by molar-refractivity contribution is -0.134. The third kappa shape index (κ3) is 5.61. The Kier molecular flexibility index (Phi) is 6.74. The number of fused-ring (bicyclic) bond motifs is 1. The second-order valence-electron chi connectivity index (χ2n) is 6.91. The number of aryl methyl sites for hydroxylation is 1. The van der Waals surface area contributed by atoms with E-state index in [2.05, 4.69) is 10.6 Å². The summed E-state index contributed by atoms with van der Waals surface area (Å²) in [6.07, 6.45) is 0.516. The van der Waals surface area contributed by atoms with E-state index in [-0.39, 0.29) is 30.8 Å². The molecule has 1 aliphatic heterocycles. The summed E-state index contributed by atoms with van der Waals surface area (Å²) in [5.41, 5.74) is 1.15. The maximum absolute atomic E-state index is 12.4. The molecule has 0 aromatic heterocycles. The van der Waals surface area contributed by atoms with Crippen LogP contribution in [-0.4, -0.2) is 24.2 Å². The van der Waals surface area contributed by atoms with E-state index in [9.17, 15) is 18.0 Å². The summed E-state index contributed by atoms with van der Waals surface area (Å²) in [6, 6.07) is 6.93. The molecule has 1 saturated carbocycles. The summed E-state index contributed by atoms with van der Waals surface area (Å²) in [7, 11) is 0. The lowest BCUT2D eigenvalue weighted by atomic mass is 9.85. The van der Waals surface area contributed by atoms with Crippen molar-refractivity contribution in [1.82, 2.24) is 5.32 Å². The number of hydrogen-bond donors (Lipinski definition) is 2. The molecule has 7 heteroatoms. The molecule has 3 atom stereocenters. The summed E-state index contributed by atoms with van der Waals surface area (Å²) in [6.45, 7) is 0. The SMILES string of the molecule is Cl.O=C(Nc1cccc(CCC(F)(F)F)c1)C1CC2CCCCC2N1. The Balaban J connectivity index is 0.00000225. The number of carbonyl (C=O) groups excluding carboxylic acids is 1. The van der Waals surface area contributed by atoms with Crippen molar-refractivity contribution in [3.05, 3.63) is 29.8 Å². The number of amides is 1. The van der Waals surface area contributed by atoms with Gasteiger partial charge in [-0.25, -0.2) is 0 Å². The van der Waals surface area contributed by atoms with Gasteiger partial charge in [0.25, 0.3) is 0 Å². The first-order valence-corrected chi connectivity index (χ1v) is 8.63. The minimum atomic E-state index is -4.16. The quantitative estimate of drug-likeness (QED) is 0.814. The Morgan fingerprint density at radius 2 is 2.00 bits per heavy atom. The highest BCUT2D eigenvalue weighted by Gasteiger charge is 2.38. The van der Waals surface area contributed by atoms with E-state index in [1.54, 1.807) is 24.3 Å². The highest BCUT2D eigenvalue weighted by atomic mass is 35.5. The molecular formula is C18H24ClF3N2O.